The molecule has 3 fully saturated rings. The van der Waals surface area contributed by atoms with E-state index in [2.05, 4.69) is 40.9 Å². The SMILES string of the molecule is Cc1ccc2c(cnn2C2CCCCO2)c1Oc1nccc2c(N3CCN(C(=O)OC(C)(C)C)CC3)nc(N3CC(N(C)C)C3)nc12. The van der Waals surface area contributed by atoms with Gasteiger partial charge in [-0.2, -0.15) is 10.1 Å². The Morgan fingerprint density at radius 3 is 2.49 bits per heavy atom. The molecule has 4 aromatic rings. The first-order chi connectivity index (χ1) is 22.6. The van der Waals surface area contributed by atoms with Crippen LogP contribution in [0.15, 0.2) is 30.6 Å². The summed E-state index contributed by atoms with van der Waals surface area (Å²) in [5.74, 6) is 2.58. The van der Waals surface area contributed by atoms with Crippen LogP contribution in [0.4, 0.5) is 16.6 Å². The second-order valence-electron chi connectivity index (χ2n) is 14.0. The molecule has 13 heteroatoms. The summed E-state index contributed by atoms with van der Waals surface area (Å²) in [6.07, 6.45) is 6.38. The van der Waals surface area contributed by atoms with Crippen molar-refractivity contribution in [1.29, 1.82) is 0 Å². The van der Waals surface area contributed by atoms with Crippen LogP contribution in [-0.2, 0) is 9.47 Å². The van der Waals surface area contributed by atoms with E-state index in [4.69, 9.17) is 34.3 Å². The zero-order valence-electron chi connectivity index (χ0n) is 28.3. The second kappa shape index (κ2) is 12.4. The molecule has 0 N–H and O–H groups in total. The lowest BCUT2D eigenvalue weighted by Gasteiger charge is -2.43. The van der Waals surface area contributed by atoms with E-state index >= 15 is 0 Å². The molecule has 0 spiro atoms. The number of benzene rings is 1. The number of anilines is 2. The number of likely N-dealkylation sites (N-methyl/N-ethyl adjacent to an activating group) is 1. The second-order valence-corrected chi connectivity index (χ2v) is 14.0. The summed E-state index contributed by atoms with van der Waals surface area (Å²) in [5.41, 5.74) is 2.05. The molecule has 0 radical (unpaired) electrons. The first-order valence-electron chi connectivity index (χ1n) is 16.6. The highest BCUT2D eigenvalue weighted by Crippen LogP contribution is 2.39. The van der Waals surface area contributed by atoms with Crippen molar-refractivity contribution < 1.29 is 19.0 Å². The Bertz CT molecular complexity index is 1770. The fourth-order valence-corrected chi connectivity index (χ4v) is 6.42. The van der Waals surface area contributed by atoms with Crippen LogP contribution in [0.25, 0.3) is 21.8 Å². The van der Waals surface area contributed by atoms with Gasteiger partial charge in [0.1, 0.15) is 22.7 Å². The van der Waals surface area contributed by atoms with E-state index in [0.29, 0.717) is 55.3 Å². The Morgan fingerprint density at radius 2 is 1.79 bits per heavy atom. The van der Waals surface area contributed by atoms with Gasteiger partial charge in [-0.15, -0.1) is 0 Å². The topological polar surface area (TPSA) is 114 Å². The maximum atomic E-state index is 12.8. The number of nitrogens with zero attached hydrogens (tertiary/aromatic N) is 9. The fourth-order valence-electron chi connectivity index (χ4n) is 6.42. The summed E-state index contributed by atoms with van der Waals surface area (Å²) in [6.45, 7) is 12.4. The van der Waals surface area contributed by atoms with Crippen molar-refractivity contribution in [3.8, 4) is 11.6 Å². The van der Waals surface area contributed by atoms with Crippen LogP contribution in [0.5, 0.6) is 11.6 Å². The number of hydrogen-bond donors (Lipinski definition) is 0. The number of hydrogen-bond acceptors (Lipinski definition) is 11. The predicted octanol–water partition coefficient (Wildman–Crippen LogP) is 4.98. The summed E-state index contributed by atoms with van der Waals surface area (Å²) >= 11 is 0. The Balaban J connectivity index is 1.24. The fraction of sp³-hybridized carbons (Fsp3) is 0.559. The molecule has 6 heterocycles. The van der Waals surface area contributed by atoms with Crippen molar-refractivity contribution in [3.63, 3.8) is 0 Å². The molecular formula is C34H45N9O4. The van der Waals surface area contributed by atoms with Crippen molar-refractivity contribution in [2.75, 3.05) is 69.8 Å². The summed E-state index contributed by atoms with van der Waals surface area (Å²) in [4.78, 5) is 36.1. The number of amides is 1. The summed E-state index contributed by atoms with van der Waals surface area (Å²) in [7, 11) is 4.19. The number of rotatable bonds is 6. The van der Waals surface area contributed by atoms with Gasteiger partial charge in [-0.25, -0.2) is 19.4 Å². The molecule has 0 bridgehead atoms. The van der Waals surface area contributed by atoms with Gasteiger partial charge in [0.05, 0.1) is 22.5 Å². The Morgan fingerprint density at radius 1 is 1.00 bits per heavy atom. The maximum Gasteiger partial charge on any atom is 0.410 e. The van der Waals surface area contributed by atoms with E-state index in [1.54, 1.807) is 11.1 Å². The summed E-state index contributed by atoms with van der Waals surface area (Å²) < 4.78 is 20.4. The first-order valence-corrected chi connectivity index (χ1v) is 16.6. The quantitative estimate of drug-likeness (QED) is 0.283. The van der Waals surface area contributed by atoms with Crippen LogP contribution >= 0.6 is 0 Å². The van der Waals surface area contributed by atoms with Crippen molar-refractivity contribution in [2.45, 2.75) is 64.8 Å². The highest BCUT2D eigenvalue weighted by molar-refractivity contribution is 5.94. The number of ether oxygens (including phenoxy) is 3. The van der Waals surface area contributed by atoms with Crippen molar-refractivity contribution in [1.82, 2.24) is 34.5 Å². The molecule has 3 aliphatic rings. The van der Waals surface area contributed by atoms with Crippen LogP contribution in [0, 0.1) is 6.92 Å². The smallest absolute Gasteiger partial charge is 0.410 e. The molecule has 1 unspecified atom stereocenters. The van der Waals surface area contributed by atoms with Crippen LogP contribution < -0.4 is 14.5 Å². The van der Waals surface area contributed by atoms with Gasteiger partial charge in [-0.05, 0) is 78.7 Å². The Labute approximate surface area is 275 Å². The normalized spacial score (nSPS) is 19.5. The van der Waals surface area contributed by atoms with E-state index in [1.807, 2.05) is 44.6 Å². The van der Waals surface area contributed by atoms with Crippen LogP contribution in [-0.4, -0.2) is 112 Å². The number of carbonyl (C=O) groups is 1. The molecule has 250 valence electrons. The molecule has 3 aromatic heterocycles. The monoisotopic (exact) mass is 643 g/mol. The molecule has 13 nitrogen and oxygen atoms in total. The average Bonchev–Trinajstić information content (AvgIpc) is 3.45. The number of aryl methyl sites for hydroxylation is 1. The van der Waals surface area contributed by atoms with Crippen molar-refractivity contribution >= 4 is 39.7 Å². The highest BCUT2D eigenvalue weighted by Gasteiger charge is 2.33. The summed E-state index contributed by atoms with van der Waals surface area (Å²) in [6, 6.07) is 6.52. The van der Waals surface area contributed by atoms with Gasteiger partial charge >= 0.3 is 6.09 Å². The molecular weight excluding hydrogens is 598 g/mol. The highest BCUT2D eigenvalue weighted by atomic mass is 16.6. The minimum atomic E-state index is -0.540. The van der Waals surface area contributed by atoms with E-state index in [0.717, 1.165) is 66.6 Å². The third kappa shape index (κ3) is 6.26. The van der Waals surface area contributed by atoms with Gasteiger partial charge in [-0.3, -0.25) is 0 Å². The number of carbonyl (C=O) groups excluding carboxylic acids is 1. The van der Waals surface area contributed by atoms with Crippen LogP contribution in [0.1, 0.15) is 51.8 Å². The molecule has 3 aliphatic heterocycles. The van der Waals surface area contributed by atoms with Gasteiger partial charge < -0.3 is 33.8 Å². The molecule has 1 amide bonds. The lowest BCUT2D eigenvalue weighted by molar-refractivity contribution is -0.0366. The number of pyridine rings is 1. The standard InChI is InChI=1S/C34H45N9O4/c1-22-10-11-26-25(19-36-43(26)27-9-7-8-18-45-27)29(22)46-31-28-24(12-13-35-31)30(38-32(37-28)42-20-23(21-42)39(5)6)40-14-16-41(17-15-40)33(44)47-34(2,3)4/h10-13,19,23,27H,7-9,14-18,20-21H2,1-6H3. The van der Waals surface area contributed by atoms with Crippen LogP contribution in [0.3, 0.4) is 0 Å². The van der Waals surface area contributed by atoms with E-state index in [-0.39, 0.29) is 12.3 Å². The van der Waals surface area contributed by atoms with E-state index in [1.165, 1.54) is 0 Å². The van der Waals surface area contributed by atoms with E-state index < -0.39 is 5.60 Å². The molecule has 0 saturated carbocycles. The van der Waals surface area contributed by atoms with Crippen molar-refractivity contribution in [2.24, 2.45) is 0 Å². The number of fused-ring (bicyclic) bond motifs is 2. The lowest BCUT2D eigenvalue weighted by Crippen LogP contribution is -2.58. The van der Waals surface area contributed by atoms with Gasteiger partial charge in [0.2, 0.25) is 11.8 Å². The van der Waals surface area contributed by atoms with Gasteiger partial charge in [-0.1, -0.05) is 6.07 Å². The van der Waals surface area contributed by atoms with E-state index in [9.17, 15) is 4.79 Å². The zero-order chi connectivity index (χ0) is 32.9. The molecule has 7 rings (SSSR count). The number of piperazine rings is 1. The summed E-state index contributed by atoms with van der Waals surface area (Å²) in [5, 5.41) is 6.48. The van der Waals surface area contributed by atoms with Gasteiger partial charge in [0.25, 0.3) is 0 Å². The lowest BCUT2D eigenvalue weighted by atomic mass is 10.1. The number of aromatic nitrogens is 5. The minimum absolute atomic E-state index is 0.0800. The zero-order valence-corrected chi connectivity index (χ0v) is 28.3. The van der Waals surface area contributed by atoms with Crippen molar-refractivity contribution in [3.05, 3.63) is 36.2 Å². The third-order valence-electron chi connectivity index (χ3n) is 9.21. The Hall–Kier alpha value is -4.23. The molecule has 1 aromatic carbocycles. The van der Waals surface area contributed by atoms with Gasteiger partial charge in [0, 0.05) is 58.1 Å². The average molecular weight is 644 g/mol. The third-order valence-corrected chi connectivity index (χ3v) is 9.21. The molecule has 1 atom stereocenters. The Kier molecular flexibility index (Phi) is 8.29. The molecule has 47 heavy (non-hydrogen) atoms. The predicted molar refractivity (Wildman–Crippen MR) is 180 cm³/mol. The molecule has 0 aliphatic carbocycles. The maximum absolute atomic E-state index is 12.8. The molecule has 3 saturated heterocycles. The van der Waals surface area contributed by atoms with Gasteiger partial charge in [0.15, 0.2) is 6.23 Å². The first kappa shape index (κ1) is 31.4. The largest absolute Gasteiger partial charge is 0.444 e. The minimum Gasteiger partial charge on any atom is -0.444 e. The van der Waals surface area contributed by atoms with Crippen LogP contribution in [0.2, 0.25) is 0 Å².